The lowest BCUT2D eigenvalue weighted by Gasteiger charge is -2.52. The second-order valence-electron chi connectivity index (χ2n) is 10.4. The van der Waals surface area contributed by atoms with Gasteiger partial charge in [0, 0.05) is 40.8 Å². The highest BCUT2D eigenvalue weighted by Gasteiger charge is 2.62. The van der Waals surface area contributed by atoms with E-state index in [1.54, 1.807) is 19.0 Å². The van der Waals surface area contributed by atoms with Gasteiger partial charge in [-0.3, -0.25) is 14.5 Å². The first-order valence-electron chi connectivity index (χ1n) is 11.8. The summed E-state index contributed by atoms with van der Waals surface area (Å²) in [6.07, 6.45) is 0.0510. The Morgan fingerprint density at radius 2 is 1.97 bits per heavy atom. The lowest BCUT2D eigenvalue weighted by Crippen LogP contribution is -2.63. The third-order valence-corrected chi connectivity index (χ3v) is 7.62. The molecule has 10 heteroatoms. The van der Waals surface area contributed by atoms with E-state index in [2.05, 4.69) is 11.9 Å². The molecule has 4 atom stereocenters. The summed E-state index contributed by atoms with van der Waals surface area (Å²) < 4.78 is 15.6. The number of benzene rings is 1. The van der Waals surface area contributed by atoms with E-state index in [1.807, 2.05) is 13.8 Å². The molecule has 194 valence electrons. The quantitative estimate of drug-likeness (QED) is 0.355. The number of Topliss-reactive ketones (excluding diaryl/α,β-unsaturated/α-hetero) is 1. The molecular formula is C26H32FN3O6. The molecular weight excluding hydrogens is 469 g/mol. The molecule has 0 spiro atoms. The Morgan fingerprint density at radius 1 is 1.33 bits per heavy atom. The molecule has 0 heterocycles. The number of amides is 1. The van der Waals surface area contributed by atoms with Crippen LogP contribution >= 0.6 is 0 Å². The molecule has 1 amide bonds. The van der Waals surface area contributed by atoms with Crippen molar-refractivity contribution < 1.29 is 34.4 Å². The second kappa shape index (κ2) is 8.72. The third-order valence-electron chi connectivity index (χ3n) is 7.62. The topological polar surface area (TPSA) is 156 Å². The van der Waals surface area contributed by atoms with Gasteiger partial charge >= 0.3 is 0 Å². The van der Waals surface area contributed by atoms with Gasteiger partial charge in [-0.25, -0.2) is 4.39 Å². The van der Waals surface area contributed by atoms with Crippen molar-refractivity contribution in [3.8, 4) is 5.75 Å². The van der Waals surface area contributed by atoms with E-state index in [0.29, 0.717) is 0 Å². The molecule has 1 fully saturated rings. The number of carbonyl (C=O) groups excluding carboxylic acids is 2. The molecule has 0 saturated heterocycles. The van der Waals surface area contributed by atoms with Crippen LogP contribution in [0.25, 0.3) is 5.76 Å². The number of rotatable bonds is 5. The summed E-state index contributed by atoms with van der Waals surface area (Å²) in [5.74, 6) is -5.64. The number of aliphatic hydroxyl groups is 3. The Labute approximate surface area is 208 Å². The van der Waals surface area contributed by atoms with Gasteiger partial charge in [-0.15, -0.1) is 0 Å². The van der Waals surface area contributed by atoms with Crippen LogP contribution in [-0.2, 0) is 22.6 Å². The van der Waals surface area contributed by atoms with Gasteiger partial charge in [-0.05, 0) is 38.9 Å². The maximum Gasteiger partial charge on any atom is 0.252 e. The normalized spacial score (nSPS) is 27.9. The molecule has 4 rings (SSSR count). The van der Waals surface area contributed by atoms with Gasteiger partial charge in [0.1, 0.15) is 23.1 Å². The average molecular weight is 502 g/mol. The minimum atomic E-state index is -2.35. The van der Waals surface area contributed by atoms with Crippen molar-refractivity contribution in [3.05, 3.63) is 57.6 Å². The molecule has 1 aromatic carbocycles. The molecule has 0 aliphatic heterocycles. The Balaban J connectivity index is 1.89. The van der Waals surface area contributed by atoms with E-state index in [4.69, 9.17) is 5.73 Å². The lowest BCUT2D eigenvalue weighted by molar-refractivity contribution is -0.143. The van der Waals surface area contributed by atoms with E-state index >= 15 is 4.39 Å². The van der Waals surface area contributed by atoms with Crippen LogP contribution in [0.4, 0.5) is 4.39 Å². The summed E-state index contributed by atoms with van der Waals surface area (Å²) in [7, 11) is 3.23. The van der Waals surface area contributed by atoms with E-state index < -0.39 is 58.1 Å². The first-order valence-corrected chi connectivity index (χ1v) is 11.8. The molecule has 1 unspecified atom stereocenters. The van der Waals surface area contributed by atoms with Crippen molar-refractivity contribution in [1.82, 2.24) is 10.2 Å². The van der Waals surface area contributed by atoms with E-state index in [0.717, 1.165) is 0 Å². The van der Waals surface area contributed by atoms with Gasteiger partial charge in [0.25, 0.3) is 5.91 Å². The summed E-state index contributed by atoms with van der Waals surface area (Å²) in [5, 5.41) is 47.6. The third kappa shape index (κ3) is 3.55. The van der Waals surface area contributed by atoms with Gasteiger partial charge in [-0.2, -0.15) is 0 Å². The van der Waals surface area contributed by atoms with Crippen LogP contribution < -0.4 is 11.1 Å². The van der Waals surface area contributed by atoms with Crippen molar-refractivity contribution in [1.29, 1.82) is 0 Å². The van der Waals surface area contributed by atoms with Crippen molar-refractivity contribution in [2.45, 2.75) is 50.9 Å². The predicted molar refractivity (Wildman–Crippen MR) is 130 cm³/mol. The molecule has 0 radical (unpaired) electrons. The number of halogens is 1. The van der Waals surface area contributed by atoms with Crippen LogP contribution in [0, 0.1) is 17.7 Å². The first kappa shape index (κ1) is 25.9. The number of aliphatic hydroxyl groups excluding tert-OH is 2. The fraction of sp³-hybridized carbons (Fsp3) is 0.462. The molecule has 3 aliphatic rings. The largest absolute Gasteiger partial charge is 0.510 e. The summed E-state index contributed by atoms with van der Waals surface area (Å²) in [5.41, 5.74) is 2.25. The molecule has 1 aromatic rings. The monoisotopic (exact) mass is 501 g/mol. The fourth-order valence-electron chi connectivity index (χ4n) is 5.96. The maximum absolute atomic E-state index is 15.6. The lowest BCUT2D eigenvalue weighted by atomic mass is 9.56. The number of carbonyl (C=O) groups is 2. The van der Waals surface area contributed by atoms with Crippen LogP contribution in [0.1, 0.15) is 37.0 Å². The maximum atomic E-state index is 15.6. The summed E-state index contributed by atoms with van der Waals surface area (Å²) in [6, 6.07) is 0.320. The van der Waals surface area contributed by atoms with Crippen molar-refractivity contribution in [3.63, 3.8) is 0 Å². The minimum Gasteiger partial charge on any atom is -0.510 e. The highest BCUT2D eigenvalue weighted by molar-refractivity contribution is 6.13. The molecule has 7 N–H and O–H groups in total. The Bertz CT molecular complexity index is 1250. The number of ketones is 1. The van der Waals surface area contributed by atoms with E-state index in [1.165, 1.54) is 6.07 Å². The SMILES string of the molecule is C=C1C(C(N)=O)=C(O)[C@@H](N(C)C)C2C[C@@H]3Cc4c(F)c(CNC(C)C)cc(O)c4C(O)=C3C(=O)[C@]12O. The van der Waals surface area contributed by atoms with Crippen molar-refractivity contribution in [2.75, 3.05) is 14.1 Å². The predicted octanol–water partition coefficient (Wildman–Crippen LogP) is 1.59. The zero-order chi connectivity index (χ0) is 26.9. The summed E-state index contributed by atoms with van der Waals surface area (Å²) in [4.78, 5) is 27.5. The Kier molecular flexibility index (Phi) is 6.27. The molecule has 36 heavy (non-hydrogen) atoms. The van der Waals surface area contributed by atoms with Crippen LogP contribution in [0.3, 0.4) is 0 Å². The number of fused-ring (bicyclic) bond motifs is 3. The number of phenolic OH excluding ortho intramolecular Hbond substituents is 1. The molecule has 9 nitrogen and oxygen atoms in total. The second-order valence-corrected chi connectivity index (χ2v) is 10.4. The summed E-state index contributed by atoms with van der Waals surface area (Å²) >= 11 is 0. The number of hydrogen-bond donors (Lipinski definition) is 6. The number of primary amides is 1. The van der Waals surface area contributed by atoms with Gasteiger partial charge in [0.2, 0.25) is 0 Å². The Morgan fingerprint density at radius 3 is 2.53 bits per heavy atom. The summed E-state index contributed by atoms with van der Waals surface area (Å²) in [6.45, 7) is 7.68. The van der Waals surface area contributed by atoms with Gasteiger partial charge < -0.3 is 31.5 Å². The number of nitrogens with one attached hydrogen (secondary N) is 1. The van der Waals surface area contributed by atoms with Crippen LogP contribution in [0.15, 0.2) is 35.1 Å². The number of aromatic hydroxyl groups is 1. The number of nitrogens with zero attached hydrogens (tertiary/aromatic N) is 1. The number of likely N-dealkylation sites (N-methyl/N-ethyl adjacent to an activating group) is 1. The zero-order valence-electron chi connectivity index (χ0n) is 20.7. The van der Waals surface area contributed by atoms with Crippen LogP contribution in [0.5, 0.6) is 5.75 Å². The fourth-order valence-corrected chi connectivity index (χ4v) is 5.96. The van der Waals surface area contributed by atoms with Gasteiger partial charge in [0.15, 0.2) is 11.4 Å². The van der Waals surface area contributed by atoms with E-state index in [-0.39, 0.29) is 59.0 Å². The van der Waals surface area contributed by atoms with Gasteiger partial charge in [-0.1, -0.05) is 20.4 Å². The highest BCUT2D eigenvalue weighted by Crippen LogP contribution is 2.54. The number of phenols is 1. The highest BCUT2D eigenvalue weighted by atomic mass is 19.1. The van der Waals surface area contributed by atoms with E-state index in [9.17, 15) is 30.0 Å². The Hall–Kier alpha value is -3.21. The molecule has 3 aliphatic carbocycles. The van der Waals surface area contributed by atoms with Crippen LogP contribution in [-0.4, -0.2) is 68.8 Å². The van der Waals surface area contributed by atoms with Crippen molar-refractivity contribution in [2.24, 2.45) is 17.6 Å². The number of hydrogen-bond acceptors (Lipinski definition) is 8. The van der Waals surface area contributed by atoms with Crippen LogP contribution in [0.2, 0.25) is 0 Å². The number of nitrogens with two attached hydrogens (primary N) is 1. The molecule has 0 bridgehead atoms. The first-order chi connectivity index (χ1) is 16.7. The average Bonchev–Trinajstić information content (AvgIpc) is 2.77. The molecule has 0 aromatic heterocycles. The zero-order valence-corrected chi connectivity index (χ0v) is 20.7. The van der Waals surface area contributed by atoms with Gasteiger partial charge in [0.05, 0.1) is 17.2 Å². The standard InChI is InChI=1S/C26H32FN3O6/c1-10(2)29-9-13-8-16(31)19-14(20(13)27)6-12-7-15-21(30(4)5)23(33)17(25(28)35)11(3)26(15,36)24(34)18(12)22(19)32/h8,10,12,15,21,29,31-33,36H,3,6-7,9H2,1-2,4-5H3,(H2,28,35)/t12-,15?,21-,26-/m0/s1. The smallest absolute Gasteiger partial charge is 0.252 e. The minimum absolute atomic E-state index is 0.0122. The van der Waals surface area contributed by atoms with Crippen molar-refractivity contribution >= 4 is 17.4 Å². The molecule has 1 saturated carbocycles.